The van der Waals surface area contributed by atoms with Crippen LogP contribution in [0.2, 0.25) is 0 Å². The number of carbonyl (C=O) groups excluding carboxylic acids is 1. The Labute approximate surface area is 214 Å². The Morgan fingerprint density at radius 2 is 1.63 bits per heavy atom. The van der Waals surface area contributed by atoms with Gasteiger partial charge in [-0.25, -0.2) is 18.0 Å². The Bertz CT molecular complexity index is 1260. The normalized spacial score (nSPS) is 11.2. The summed E-state index contributed by atoms with van der Waals surface area (Å²) in [6.45, 7) is 5.35. The van der Waals surface area contributed by atoms with E-state index in [4.69, 9.17) is 0 Å². The standard InChI is InChI=1S/C25H23F3IN3O3/c1-25(2,3)32(24(34)35)16-7-4-14(5-8-16)13-30-23(33)17-9-10-18(26)21(28)22(17)31-20-11-6-15(29)12-19(20)27/h4-12,31H,13H2,1-3H3,(H,30,33)(H,34,35). The topological polar surface area (TPSA) is 81.7 Å². The van der Waals surface area contributed by atoms with Gasteiger partial charge >= 0.3 is 6.09 Å². The molecule has 184 valence electrons. The molecule has 0 atom stereocenters. The summed E-state index contributed by atoms with van der Waals surface area (Å²) in [6, 6.07) is 12.6. The maximum absolute atomic E-state index is 14.6. The van der Waals surface area contributed by atoms with Crippen LogP contribution in [0.4, 0.5) is 35.0 Å². The van der Waals surface area contributed by atoms with Crippen molar-refractivity contribution in [1.29, 1.82) is 0 Å². The van der Waals surface area contributed by atoms with E-state index in [0.717, 1.165) is 12.1 Å². The minimum absolute atomic E-state index is 0.0397. The first-order valence-corrected chi connectivity index (χ1v) is 11.6. The third-order valence-electron chi connectivity index (χ3n) is 5.04. The van der Waals surface area contributed by atoms with Gasteiger partial charge in [0.15, 0.2) is 11.6 Å². The maximum Gasteiger partial charge on any atom is 0.412 e. The van der Waals surface area contributed by atoms with E-state index < -0.39 is 40.7 Å². The fourth-order valence-electron chi connectivity index (χ4n) is 3.41. The van der Waals surface area contributed by atoms with Gasteiger partial charge < -0.3 is 15.7 Å². The number of rotatable bonds is 6. The van der Waals surface area contributed by atoms with Crippen LogP contribution in [0.15, 0.2) is 54.6 Å². The van der Waals surface area contributed by atoms with Gasteiger partial charge in [0.2, 0.25) is 0 Å². The molecule has 0 aliphatic carbocycles. The number of hydrogen-bond acceptors (Lipinski definition) is 3. The first-order chi connectivity index (χ1) is 16.4. The summed E-state index contributed by atoms with van der Waals surface area (Å²) in [6.07, 6.45) is -1.10. The summed E-state index contributed by atoms with van der Waals surface area (Å²) in [5.41, 5.74) is -0.340. The highest BCUT2D eigenvalue weighted by Gasteiger charge is 2.27. The van der Waals surface area contributed by atoms with Gasteiger partial charge in [-0.15, -0.1) is 0 Å². The van der Waals surface area contributed by atoms with E-state index >= 15 is 0 Å². The minimum Gasteiger partial charge on any atom is -0.465 e. The Hall–Kier alpha value is -3.28. The summed E-state index contributed by atoms with van der Waals surface area (Å²) >= 11 is 1.91. The highest BCUT2D eigenvalue weighted by molar-refractivity contribution is 14.1. The molecule has 0 aliphatic heterocycles. The number of halogens is 4. The Morgan fingerprint density at radius 1 is 0.971 bits per heavy atom. The molecule has 3 aromatic carbocycles. The monoisotopic (exact) mass is 597 g/mol. The number of hydrogen-bond donors (Lipinski definition) is 3. The Balaban J connectivity index is 1.79. The molecule has 0 saturated carbocycles. The van der Waals surface area contributed by atoms with Crippen molar-refractivity contribution in [3.8, 4) is 0 Å². The molecule has 0 spiro atoms. The molecule has 0 radical (unpaired) electrons. The van der Waals surface area contributed by atoms with Crippen LogP contribution < -0.4 is 15.5 Å². The van der Waals surface area contributed by atoms with E-state index in [1.54, 1.807) is 51.1 Å². The molecule has 0 fully saturated rings. The van der Waals surface area contributed by atoms with Crippen molar-refractivity contribution in [1.82, 2.24) is 5.32 Å². The Morgan fingerprint density at radius 3 is 2.20 bits per heavy atom. The van der Waals surface area contributed by atoms with Crippen molar-refractivity contribution in [2.24, 2.45) is 0 Å². The van der Waals surface area contributed by atoms with E-state index in [-0.39, 0.29) is 17.8 Å². The second-order valence-electron chi connectivity index (χ2n) is 8.67. The van der Waals surface area contributed by atoms with Gasteiger partial charge in [0.05, 0.1) is 16.9 Å². The lowest BCUT2D eigenvalue weighted by Gasteiger charge is -2.33. The average molecular weight is 597 g/mol. The molecule has 3 rings (SSSR count). The highest BCUT2D eigenvalue weighted by Crippen LogP contribution is 2.29. The molecule has 6 nitrogen and oxygen atoms in total. The first kappa shape index (κ1) is 26.3. The van der Waals surface area contributed by atoms with Crippen molar-refractivity contribution in [2.45, 2.75) is 32.9 Å². The van der Waals surface area contributed by atoms with E-state index in [0.29, 0.717) is 14.8 Å². The van der Waals surface area contributed by atoms with Gasteiger partial charge in [-0.3, -0.25) is 9.69 Å². The van der Waals surface area contributed by atoms with Crippen molar-refractivity contribution >= 4 is 51.7 Å². The Kier molecular flexibility index (Phi) is 7.93. The molecular weight excluding hydrogens is 574 g/mol. The van der Waals surface area contributed by atoms with Crippen molar-refractivity contribution in [2.75, 3.05) is 10.2 Å². The molecule has 0 heterocycles. The second-order valence-corrected chi connectivity index (χ2v) is 9.92. The average Bonchev–Trinajstić information content (AvgIpc) is 2.76. The smallest absolute Gasteiger partial charge is 0.412 e. The zero-order valence-corrected chi connectivity index (χ0v) is 21.3. The third kappa shape index (κ3) is 6.24. The van der Waals surface area contributed by atoms with E-state index in [2.05, 4.69) is 10.6 Å². The van der Waals surface area contributed by atoms with Crippen LogP contribution in [0.25, 0.3) is 0 Å². The maximum atomic E-state index is 14.6. The van der Waals surface area contributed by atoms with Crippen molar-refractivity contribution in [3.63, 3.8) is 0 Å². The van der Waals surface area contributed by atoms with Gasteiger partial charge in [-0.2, -0.15) is 0 Å². The number of benzene rings is 3. The van der Waals surface area contributed by atoms with Crippen LogP contribution >= 0.6 is 22.6 Å². The lowest BCUT2D eigenvalue weighted by atomic mass is 10.0. The fourth-order valence-corrected chi connectivity index (χ4v) is 3.87. The number of anilines is 3. The quantitative estimate of drug-likeness (QED) is 0.278. The summed E-state index contributed by atoms with van der Waals surface area (Å²) in [5.74, 6) is -3.88. The van der Waals surface area contributed by atoms with Crippen LogP contribution in [-0.4, -0.2) is 22.6 Å². The molecule has 0 bridgehead atoms. The summed E-state index contributed by atoms with van der Waals surface area (Å²) in [5, 5.41) is 14.6. The number of nitrogens with zero attached hydrogens (tertiary/aromatic N) is 1. The van der Waals surface area contributed by atoms with Gasteiger partial charge in [-0.05, 0) is 91.4 Å². The van der Waals surface area contributed by atoms with Gasteiger partial charge in [0.1, 0.15) is 5.82 Å². The summed E-state index contributed by atoms with van der Waals surface area (Å²) in [4.78, 5) is 25.7. The molecule has 0 unspecified atom stereocenters. The van der Waals surface area contributed by atoms with Crippen LogP contribution in [0.5, 0.6) is 0 Å². The fraction of sp³-hybridized carbons (Fsp3) is 0.200. The molecule has 0 aliphatic rings. The molecule has 0 aromatic heterocycles. The summed E-state index contributed by atoms with van der Waals surface area (Å²) < 4.78 is 43.3. The molecule has 10 heteroatoms. The van der Waals surface area contributed by atoms with Crippen LogP contribution in [0.1, 0.15) is 36.7 Å². The molecule has 0 saturated heterocycles. The predicted molar refractivity (Wildman–Crippen MR) is 137 cm³/mol. The van der Waals surface area contributed by atoms with Crippen LogP contribution in [0.3, 0.4) is 0 Å². The number of carbonyl (C=O) groups is 2. The molecule has 35 heavy (non-hydrogen) atoms. The summed E-state index contributed by atoms with van der Waals surface area (Å²) in [7, 11) is 0. The van der Waals surface area contributed by atoms with Crippen LogP contribution in [-0.2, 0) is 6.54 Å². The predicted octanol–water partition coefficient (Wildman–Crippen LogP) is 6.67. The zero-order chi connectivity index (χ0) is 25.9. The zero-order valence-electron chi connectivity index (χ0n) is 19.1. The number of nitrogens with one attached hydrogen (secondary N) is 2. The third-order valence-corrected chi connectivity index (χ3v) is 5.71. The lowest BCUT2D eigenvalue weighted by Crippen LogP contribution is -2.45. The molecular formula is C25H23F3IN3O3. The highest BCUT2D eigenvalue weighted by atomic mass is 127. The van der Waals surface area contributed by atoms with E-state index in [9.17, 15) is 27.9 Å². The van der Waals surface area contributed by atoms with E-state index in [1.165, 1.54) is 17.0 Å². The van der Waals surface area contributed by atoms with Crippen molar-refractivity contribution in [3.05, 3.63) is 86.7 Å². The molecule has 3 N–H and O–H groups in total. The van der Waals surface area contributed by atoms with E-state index in [1.807, 2.05) is 22.6 Å². The largest absolute Gasteiger partial charge is 0.465 e. The van der Waals surface area contributed by atoms with Crippen molar-refractivity contribution < 1.29 is 27.9 Å². The first-order valence-electron chi connectivity index (χ1n) is 10.5. The van der Waals surface area contributed by atoms with Gasteiger partial charge in [0, 0.05) is 21.3 Å². The number of carboxylic acid groups (broad SMARTS) is 1. The SMILES string of the molecule is CC(C)(C)N(C(=O)O)c1ccc(CNC(=O)c2ccc(F)c(F)c2Nc2ccc(I)cc2F)cc1. The minimum atomic E-state index is -1.31. The second kappa shape index (κ2) is 10.5. The molecule has 2 amide bonds. The van der Waals surface area contributed by atoms with Gasteiger partial charge in [0.25, 0.3) is 5.91 Å². The van der Waals surface area contributed by atoms with Gasteiger partial charge in [-0.1, -0.05) is 12.1 Å². The number of amides is 2. The lowest BCUT2D eigenvalue weighted by molar-refractivity contribution is 0.0951. The van der Waals surface area contributed by atoms with Crippen LogP contribution in [0, 0.1) is 21.0 Å². The molecule has 3 aromatic rings.